The molecular formula is C16H14BrClN2. The van der Waals surface area contributed by atoms with E-state index in [0.717, 1.165) is 27.0 Å². The van der Waals surface area contributed by atoms with Crippen molar-refractivity contribution in [2.24, 2.45) is 0 Å². The van der Waals surface area contributed by atoms with E-state index in [0.29, 0.717) is 0 Å². The van der Waals surface area contributed by atoms with E-state index in [1.54, 1.807) is 0 Å². The number of fused-ring (bicyclic) bond motifs is 1. The summed E-state index contributed by atoms with van der Waals surface area (Å²) in [5, 5.41) is -0.152. The monoisotopic (exact) mass is 348 g/mol. The van der Waals surface area contributed by atoms with Crippen LogP contribution in [0.4, 0.5) is 0 Å². The Kier molecular flexibility index (Phi) is 3.57. The van der Waals surface area contributed by atoms with Crippen LogP contribution in [0.15, 0.2) is 46.9 Å². The average molecular weight is 350 g/mol. The van der Waals surface area contributed by atoms with Crippen LogP contribution in [0.3, 0.4) is 0 Å². The first-order valence-electron chi connectivity index (χ1n) is 6.46. The van der Waals surface area contributed by atoms with Gasteiger partial charge in [0.1, 0.15) is 5.82 Å². The molecule has 0 fully saturated rings. The van der Waals surface area contributed by atoms with Gasteiger partial charge in [0.25, 0.3) is 0 Å². The van der Waals surface area contributed by atoms with Crippen LogP contribution in [0.2, 0.25) is 0 Å². The van der Waals surface area contributed by atoms with Crippen LogP contribution in [-0.2, 0) is 0 Å². The number of aromatic nitrogens is 2. The molecule has 0 bridgehead atoms. The third-order valence-corrected chi connectivity index (χ3v) is 4.04. The van der Waals surface area contributed by atoms with E-state index in [-0.39, 0.29) is 5.38 Å². The van der Waals surface area contributed by atoms with Crippen molar-refractivity contribution in [3.8, 4) is 5.69 Å². The van der Waals surface area contributed by atoms with E-state index in [9.17, 15) is 0 Å². The van der Waals surface area contributed by atoms with E-state index in [1.807, 2.05) is 31.2 Å². The molecule has 0 amide bonds. The second-order valence-corrected chi connectivity index (χ2v) is 6.41. The molecule has 4 heteroatoms. The molecule has 0 saturated carbocycles. The van der Waals surface area contributed by atoms with E-state index >= 15 is 0 Å². The van der Waals surface area contributed by atoms with Crippen molar-refractivity contribution in [1.82, 2.24) is 9.55 Å². The van der Waals surface area contributed by atoms with E-state index in [2.05, 4.69) is 45.6 Å². The first-order valence-corrected chi connectivity index (χ1v) is 7.69. The summed E-state index contributed by atoms with van der Waals surface area (Å²) in [5.41, 5.74) is 4.35. The van der Waals surface area contributed by atoms with E-state index < -0.39 is 0 Å². The van der Waals surface area contributed by atoms with E-state index in [1.165, 1.54) is 5.56 Å². The van der Waals surface area contributed by atoms with Gasteiger partial charge in [-0.1, -0.05) is 34.1 Å². The molecule has 0 spiro atoms. The summed E-state index contributed by atoms with van der Waals surface area (Å²) >= 11 is 9.82. The zero-order valence-corrected chi connectivity index (χ0v) is 13.6. The van der Waals surface area contributed by atoms with Crippen LogP contribution in [-0.4, -0.2) is 9.55 Å². The molecule has 0 aliphatic carbocycles. The van der Waals surface area contributed by atoms with E-state index in [4.69, 9.17) is 16.6 Å². The molecule has 0 saturated heterocycles. The summed E-state index contributed by atoms with van der Waals surface area (Å²) in [6.45, 7) is 4.05. The molecule has 0 aliphatic heterocycles. The molecule has 2 aromatic carbocycles. The SMILES string of the molecule is Cc1ccccc1-n1c(C(C)Cl)nc2cc(Br)ccc21. The number of para-hydroxylation sites is 1. The van der Waals surface area contributed by atoms with Gasteiger partial charge in [0.05, 0.1) is 22.1 Å². The van der Waals surface area contributed by atoms with Gasteiger partial charge in [-0.3, -0.25) is 4.57 Å². The predicted octanol–water partition coefficient (Wildman–Crippen LogP) is 5.40. The normalized spacial score (nSPS) is 12.8. The number of aryl methyl sites for hydroxylation is 1. The average Bonchev–Trinajstić information content (AvgIpc) is 2.78. The summed E-state index contributed by atoms with van der Waals surface area (Å²) in [7, 11) is 0. The highest BCUT2D eigenvalue weighted by atomic mass is 79.9. The lowest BCUT2D eigenvalue weighted by atomic mass is 10.2. The minimum atomic E-state index is -0.152. The minimum absolute atomic E-state index is 0.152. The third kappa shape index (κ3) is 2.25. The predicted molar refractivity (Wildman–Crippen MR) is 87.8 cm³/mol. The van der Waals surface area contributed by atoms with Crippen LogP contribution in [0.25, 0.3) is 16.7 Å². The van der Waals surface area contributed by atoms with Crippen LogP contribution >= 0.6 is 27.5 Å². The highest BCUT2D eigenvalue weighted by molar-refractivity contribution is 9.10. The molecular weight excluding hydrogens is 336 g/mol. The quantitative estimate of drug-likeness (QED) is 0.567. The third-order valence-electron chi connectivity index (χ3n) is 3.35. The number of benzene rings is 2. The van der Waals surface area contributed by atoms with Gasteiger partial charge in [0.2, 0.25) is 0 Å². The standard InChI is InChI=1S/C16H14BrClN2/c1-10-5-3-4-6-14(10)20-15-8-7-12(17)9-13(15)19-16(20)11(2)18/h3-9,11H,1-2H3. The molecule has 0 radical (unpaired) electrons. The van der Waals surface area contributed by atoms with Crippen molar-refractivity contribution in [2.75, 3.05) is 0 Å². The van der Waals surface area contributed by atoms with Gasteiger partial charge in [-0.05, 0) is 43.7 Å². The number of hydrogen-bond donors (Lipinski definition) is 0. The number of nitrogens with zero attached hydrogens (tertiary/aromatic N) is 2. The second kappa shape index (κ2) is 5.23. The van der Waals surface area contributed by atoms with Crippen LogP contribution in [0.5, 0.6) is 0 Å². The summed E-state index contributed by atoms with van der Waals surface area (Å²) in [5.74, 6) is 0.870. The lowest BCUT2D eigenvalue weighted by Crippen LogP contribution is -2.03. The maximum absolute atomic E-state index is 6.33. The molecule has 1 unspecified atom stereocenters. The zero-order valence-electron chi connectivity index (χ0n) is 11.3. The van der Waals surface area contributed by atoms with Gasteiger partial charge >= 0.3 is 0 Å². The Morgan fingerprint density at radius 1 is 1.20 bits per heavy atom. The van der Waals surface area contributed by atoms with Crippen LogP contribution in [0, 0.1) is 6.92 Å². The fourth-order valence-corrected chi connectivity index (χ4v) is 2.90. The minimum Gasteiger partial charge on any atom is -0.295 e. The van der Waals surface area contributed by atoms with Gasteiger partial charge in [0.15, 0.2) is 0 Å². The Morgan fingerprint density at radius 3 is 2.65 bits per heavy atom. The number of hydrogen-bond acceptors (Lipinski definition) is 1. The summed E-state index contributed by atoms with van der Waals surface area (Å²) < 4.78 is 3.17. The van der Waals surface area contributed by atoms with Crippen molar-refractivity contribution < 1.29 is 0 Å². The van der Waals surface area contributed by atoms with Crippen molar-refractivity contribution in [2.45, 2.75) is 19.2 Å². The van der Waals surface area contributed by atoms with Crippen LogP contribution in [0.1, 0.15) is 23.7 Å². The maximum Gasteiger partial charge on any atom is 0.132 e. The van der Waals surface area contributed by atoms with Crippen molar-refractivity contribution in [1.29, 1.82) is 0 Å². The smallest absolute Gasteiger partial charge is 0.132 e. The first-order chi connectivity index (χ1) is 9.58. The molecule has 1 aromatic heterocycles. The van der Waals surface area contributed by atoms with Gasteiger partial charge in [-0.25, -0.2) is 4.98 Å². The van der Waals surface area contributed by atoms with Crippen LogP contribution < -0.4 is 0 Å². The topological polar surface area (TPSA) is 17.8 Å². The molecule has 20 heavy (non-hydrogen) atoms. The Bertz CT molecular complexity index is 777. The Morgan fingerprint density at radius 2 is 1.95 bits per heavy atom. The summed E-state index contributed by atoms with van der Waals surface area (Å²) in [6, 6.07) is 14.4. The number of rotatable bonds is 2. The lowest BCUT2D eigenvalue weighted by molar-refractivity contribution is 0.878. The molecule has 3 rings (SSSR count). The van der Waals surface area contributed by atoms with Gasteiger partial charge in [0, 0.05) is 4.47 Å². The fourth-order valence-electron chi connectivity index (χ4n) is 2.41. The highest BCUT2D eigenvalue weighted by Crippen LogP contribution is 2.30. The van der Waals surface area contributed by atoms with Gasteiger partial charge < -0.3 is 0 Å². The Balaban J connectivity index is 2.38. The molecule has 1 heterocycles. The Hall–Kier alpha value is -1.32. The van der Waals surface area contributed by atoms with Crippen molar-refractivity contribution in [3.63, 3.8) is 0 Å². The maximum atomic E-state index is 6.33. The summed E-state index contributed by atoms with van der Waals surface area (Å²) in [6.07, 6.45) is 0. The number of imidazole rings is 1. The lowest BCUT2D eigenvalue weighted by Gasteiger charge is -2.13. The molecule has 3 aromatic rings. The second-order valence-electron chi connectivity index (χ2n) is 4.84. The molecule has 0 N–H and O–H groups in total. The van der Waals surface area contributed by atoms with Crippen molar-refractivity contribution in [3.05, 3.63) is 58.3 Å². The highest BCUT2D eigenvalue weighted by Gasteiger charge is 2.17. The molecule has 0 aliphatic rings. The molecule has 2 nitrogen and oxygen atoms in total. The first kappa shape index (κ1) is 13.7. The number of halogens is 2. The molecule has 102 valence electrons. The number of alkyl halides is 1. The summed E-state index contributed by atoms with van der Waals surface area (Å²) in [4.78, 5) is 4.69. The van der Waals surface area contributed by atoms with Crippen molar-refractivity contribution >= 4 is 38.6 Å². The Labute approximate surface area is 131 Å². The molecule has 1 atom stereocenters. The fraction of sp³-hybridized carbons (Fsp3) is 0.188. The van der Waals surface area contributed by atoms with Gasteiger partial charge in [-0.15, -0.1) is 11.6 Å². The van der Waals surface area contributed by atoms with Gasteiger partial charge in [-0.2, -0.15) is 0 Å². The largest absolute Gasteiger partial charge is 0.295 e. The zero-order chi connectivity index (χ0) is 14.3.